The fourth-order valence-electron chi connectivity index (χ4n) is 2.88. The Morgan fingerprint density at radius 2 is 1.97 bits per heavy atom. The molecule has 2 aromatic rings. The summed E-state index contributed by atoms with van der Waals surface area (Å²) in [5.74, 6) is 0.684. The minimum Gasteiger partial charge on any atom is -0.383 e. The van der Waals surface area contributed by atoms with Gasteiger partial charge in [-0.25, -0.2) is 4.99 Å². The van der Waals surface area contributed by atoms with Crippen molar-refractivity contribution in [3.63, 3.8) is 0 Å². The molecule has 0 aliphatic rings. The van der Waals surface area contributed by atoms with Crippen molar-refractivity contribution in [3.05, 3.63) is 53.3 Å². The van der Waals surface area contributed by atoms with Crippen LogP contribution in [0.5, 0.6) is 0 Å². The highest BCUT2D eigenvalue weighted by Gasteiger charge is 2.25. The lowest BCUT2D eigenvalue weighted by Crippen LogP contribution is -2.44. The van der Waals surface area contributed by atoms with Crippen molar-refractivity contribution in [1.82, 2.24) is 25.3 Å². The first-order chi connectivity index (χ1) is 13.7. The number of hydrogen-bond acceptors (Lipinski definition) is 4. The minimum atomic E-state index is -1.04. The molecule has 7 nitrogen and oxygen atoms in total. The second-order valence-electron chi connectivity index (χ2n) is 8.00. The lowest BCUT2D eigenvalue weighted by atomic mass is 10.00. The summed E-state index contributed by atoms with van der Waals surface area (Å²) in [5.41, 5.74) is 2.22. The number of hydrogen-bond donors (Lipinski definition) is 3. The molecule has 2 rings (SSSR count). The molecule has 0 amide bonds. The van der Waals surface area contributed by atoms with Crippen LogP contribution in [0.15, 0.2) is 41.7 Å². The van der Waals surface area contributed by atoms with Gasteiger partial charge in [-0.3, -0.25) is 9.58 Å². The van der Waals surface area contributed by atoms with Crippen molar-refractivity contribution < 1.29 is 5.11 Å². The van der Waals surface area contributed by atoms with Crippen molar-refractivity contribution >= 4 is 5.96 Å². The number of aliphatic imine (C=N–C) groups is 1. The van der Waals surface area contributed by atoms with Crippen LogP contribution < -0.4 is 10.6 Å². The Balaban J connectivity index is 2.07. The van der Waals surface area contributed by atoms with Crippen LogP contribution in [0.2, 0.25) is 0 Å². The quantitative estimate of drug-likeness (QED) is 0.444. The zero-order valence-corrected chi connectivity index (χ0v) is 18.6. The fraction of sp³-hybridized carbons (Fsp3) is 0.545. The Morgan fingerprint density at radius 1 is 1.28 bits per heavy atom. The number of aryl methyl sites for hydroxylation is 1. The van der Waals surface area contributed by atoms with Gasteiger partial charge in [0.15, 0.2) is 5.96 Å². The standard InChI is InChI=1S/C22H36N6O/c1-7-23-21(25-16-22(4,29)20-13-26-28(6)15-20)24-12-18-10-8-9-11-19(18)14-27(5)17(2)3/h8-11,13,15,17,29H,7,12,14,16H2,1-6H3,(H2,23,24,25). The summed E-state index contributed by atoms with van der Waals surface area (Å²) in [7, 11) is 3.98. The summed E-state index contributed by atoms with van der Waals surface area (Å²) in [6.07, 6.45) is 3.51. The van der Waals surface area contributed by atoms with Gasteiger partial charge in [-0.2, -0.15) is 5.10 Å². The smallest absolute Gasteiger partial charge is 0.191 e. The highest BCUT2D eigenvalue weighted by molar-refractivity contribution is 5.79. The molecule has 1 aromatic heterocycles. The number of rotatable bonds is 9. The van der Waals surface area contributed by atoms with E-state index in [0.717, 1.165) is 18.7 Å². The van der Waals surface area contributed by atoms with Crippen LogP contribution in [0, 0.1) is 0 Å². The Kier molecular flexibility index (Phi) is 8.22. The maximum Gasteiger partial charge on any atom is 0.191 e. The van der Waals surface area contributed by atoms with Gasteiger partial charge in [0, 0.05) is 37.9 Å². The molecule has 0 spiro atoms. The number of nitrogens with one attached hydrogen (secondary N) is 2. The largest absolute Gasteiger partial charge is 0.383 e. The predicted octanol–water partition coefficient (Wildman–Crippen LogP) is 2.22. The molecule has 0 aliphatic heterocycles. The molecule has 0 radical (unpaired) electrons. The van der Waals surface area contributed by atoms with Crippen LogP contribution in [0.1, 0.15) is 44.4 Å². The van der Waals surface area contributed by atoms with Gasteiger partial charge >= 0.3 is 0 Å². The number of nitrogens with zero attached hydrogens (tertiary/aromatic N) is 4. The first-order valence-corrected chi connectivity index (χ1v) is 10.2. The van der Waals surface area contributed by atoms with E-state index in [1.54, 1.807) is 17.8 Å². The molecule has 1 aromatic carbocycles. The van der Waals surface area contributed by atoms with Gasteiger partial charge in [-0.1, -0.05) is 24.3 Å². The molecule has 0 fully saturated rings. The summed E-state index contributed by atoms with van der Waals surface area (Å²) in [6.45, 7) is 10.8. The molecule has 160 valence electrons. The second-order valence-corrected chi connectivity index (χ2v) is 8.00. The van der Waals surface area contributed by atoms with Gasteiger partial charge in [0.2, 0.25) is 0 Å². The van der Waals surface area contributed by atoms with Gasteiger partial charge in [0.05, 0.1) is 19.3 Å². The average Bonchev–Trinajstić information content (AvgIpc) is 3.12. The van der Waals surface area contributed by atoms with Crippen LogP contribution >= 0.6 is 0 Å². The van der Waals surface area contributed by atoms with E-state index < -0.39 is 5.60 Å². The molecule has 0 bridgehead atoms. The Hall–Kier alpha value is -2.38. The lowest BCUT2D eigenvalue weighted by molar-refractivity contribution is 0.0616. The SMILES string of the molecule is CCNC(=NCc1ccccc1CN(C)C(C)C)NCC(C)(O)c1cnn(C)c1. The Morgan fingerprint density at radius 3 is 2.55 bits per heavy atom. The van der Waals surface area contributed by atoms with E-state index >= 15 is 0 Å². The number of aliphatic hydroxyl groups is 1. The molecule has 1 atom stereocenters. The molecule has 3 N–H and O–H groups in total. The fourth-order valence-corrected chi connectivity index (χ4v) is 2.88. The third kappa shape index (κ3) is 6.87. The molecule has 0 saturated heterocycles. The third-order valence-electron chi connectivity index (χ3n) is 5.10. The summed E-state index contributed by atoms with van der Waals surface area (Å²) in [4.78, 5) is 7.06. The normalized spacial score (nSPS) is 14.3. The van der Waals surface area contributed by atoms with Crippen LogP contribution in [0.3, 0.4) is 0 Å². The summed E-state index contributed by atoms with van der Waals surface area (Å²) in [5, 5.41) is 21.5. The summed E-state index contributed by atoms with van der Waals surface area (Å²) < 4.78 is 1.69. The molecular weight excluding hydrogens is 364 g/mol. The number of guanidine groups is 1. The predicted molar refractivity (Wildman–Crippen MR) is 119 cm³/mol. The number of benzene rings is 1. The Bertz CT molecular complexity index is 796. The maximum atomic E-state index is 10.8. The van der Waals surface area contributed by atoms with Crippen molar-refractivity contribution in [2.24, 2.45) is 12.0 Å². The lowest BCUT2D eigenvalue weighted by Gasteiger charge is -2.24. The van der Waals surface area contributed by atoms with Gasteiger partial charge in [-0.05, 0) is 45.9 Å². The van der Waals surface area contributed by atoms with Gasteiger partial charge in [0.1, 0.15) is 5.60 Å². The first kappa shape index (κ1) is 22.9. The van der Waals surface area contributed by atoms with E-state index in [4.69, 9.17) is 4.99 Å². The molecule has 29 heavy (non-hydrogen) atoms. The summed E-state index contributed by atoms with van der Waals surface area (Å²) >= 11 is 0. The highest BCUT2D eigenvalue weighted by atomic mass is 16.3. The van der Waals surface area contributed by atoms with E-state index in [-0.39, 0.29) is 0 Å². The zero-order valence-electron chi connectivity index (χ0n) is 18.6. The second kappa shape index (κ2) is 10.4. The molecular formula is C22H36N6O. The van der Waals surface area contributed by atoms with E-state index in [9.17, 15) is 5.11 Å². The van der Waals surface area contributed by atoms with Gasteiger partial charge in [-0.15, -0.1) is 0 Å². The van der Waals surface area contributed by atoms with Crippen LogP contribution in [0.25, 0.3) is 0 Å². The Labute approximate surface area is 174 Å². The van der Waals surface area contributed by atoms with Crippen molar-refractivity contribution in [1.29, 1.82) is 0 Å². The molecule has 1 unspecified atom stereocenters. The molecule has 0 saturated carbocycles. The van der Waals surface area contributed by atoms with Crippen molar-refractivity contribution in [2.75, 3.05) is 20.1 Å². The van der Waals surface area contributed by atoms with Gasteiger partial charge < -0.3 is 15.7 Å². The highest BCUT2D eigenvalue weighted by Crippen LogP contribution is 2.18. The first-order valence-electron chi connectivity index (χ1n) is 10.2. The monoisotopic (exact) mass is 400 g/mol. The van der Waals surface area contributed by atoms with E-state index in [0.29, 0.717) is 25.1 Å². The van der Waals surface area contributed by atoms with Crippen molar-refractivity contribution in [2.45, 2.75) is 52.4 Å². The van der Waals surface area contributed by atoms with E-state index in [2.05, 4.69) is 65.8 Å². The van der Waals surface area contributed by atoms with Crippen LogP contribution in [-0.4, -0.2) is 51.9 Å². The summed E-state index contributed by atoms with van der Waals surface area (Å²) in [6, 6.07) is 8.91. The topological polar surface area (TPSA) is 77.7 Å². The average molecular weight is 401 g/mol. The molecule has 1 heterocycles. The zero-order chi connectivity index (χ0) is 21.4. The van der Waals surface area contributed by atoms with Gasteiger partial charge in [0.25, 0.3) is 0 Å². The molecule has 7 heteroatoms. The molecule has 0 aliphatic carbocycles. The number of aromatic nitrogens is 2. The maximum absolute atomic E-state index is 10.8. The van der Waals surface area contributed by atoms with E-state index in [1.807, 2.05) is 20.2 Å². The van der Waals surface area contributed by atoms with Crippen LogP contribution in [0.4, 0.5) is 0 Å². The van der Waals surface area contributed by atoms with Crippen LogP contribution in [-0.2, 0) is 25.7 Å². The third-order valence-corrected chi connectivity index (χ3v) is 5.10. The minimum absolute atomic E-state index is 0.336. The van der Waals surface area contributed by atoms with E-state index in [1.165, 1.54) is 11.1 Å². The van der Waals surface area contributed by atoms with Crippen molar-refractivity contribution in [3.8, 4) is 0 Å².